The van der Waals surface area contributed by atoms with Crippen molar-refractivity contribution in [2.75, 3.05) is 30.4 Å². The number of anilines is 3. The minimum absolute atomic E-state index is 0.0621. The van der Waals surface area contributed by atoms with E-state index in [9.17, 15) is 9.59 Å². The summed E-state index contributed by atoms with van der Waals surface area (Å²) in [6, 6.07) is 16.3. The first-order valence-electron chi connectivity index (χ1n) is 10.1. The van der Waals surface area contributed by atoms with E-state index in [1.165, 1.54) is 0 Å². The Bertz CT molecular complexity index is 1240. The first kappa shape index (κ1) is 18.9. The zero-order chi connectivity index (χ0) is 21.5. The number of nitrogens with one attached hydrogen (secondary N) is 1. The maximum atomic E-state index is 12.5. The molecule has 0 saturated heterocycles. The molecule has 31 heavy (non-hydrogen) atoms. The quantitative estimate of drug-likeness (QED) is 0.714. The van der Waals surface area contributed by atoms with Gasteiger partial charge in [-0.25, -0.2) is 4.68 Å². The van der Waals surface area contributed by atoms with Gasteiger partial charge in [-0.05, 0) is 54.4 Å². The van der Waals surface area contributed by atoms with E-state index in [2.05, 4.69) is 21.4 Å². The number of benzene rings is 2. The molecule has 0 fully saturated rings. The van der Waals surface area contributed by atoms with Gasteiger partial charge in [0, 0.05) is 43.0 Å². The maximum Gasteiger partial charge on any atom is 0.256 e. The van der Waals surface area contributed by atoms with Crippen molar-refractivity contribution in [1.29, 1.82) is 5.26 Å². The van der Waals surface area contributed by atoms with Gasteiger partial charge in [0.1, 0.15) is 5.82 Å². The van der Waals surface area contributed by atoms with Crippen LogP contribution in [0.25, 0.3) is 0 Å². The standard InChI is InChI=1S/C23H20N6O2/c1-27-9-8-17-12-18(6-7-19(17)23(27)31)28-10-11-29-21(28)13-20(26-29)25-22(30)16-4-2-15(14-24)3-5-16/h2-7,12-13H,8-11H2,1H3,(H,25,26,30). The van der Waals surface area contributed by atoms with Crippen molar-refractivity contribution in [2.45, 2.75) is 13.0 Å². The number of hydrogen-bond donors (Lipinski definition) is 1. The third-order valence-electron chi connectivity index (χ3n) is 5.78. The minimum atomic E-state index is -0.274. The fourth-order valence-electron chi connectivity index (χ4n) is 4.06. The molecule has 5 rings (SSSR count). The lowest BCUT2D eigenvalue weighted by Gasteiger charge is -2.26. The van der Waals surface area contributed by atoms with Gasteiger partial charge in [-0.1, -0.05) is 0 Å². The van der Waals surface area contributed by atoms with Crippen LogP contribution in [0.15, 0.2) is 48.5 Å². The Labute approximate surface area is 179 Å². The number of aromatic nitrogens is 2. The number of nitrogens with zero attached hydrogens (tertiary/aromatic N) is 5. The van der Waals surface area contributed by atoms with Crippen LogP contribution in [0.3, 0.4) is 0 Å². The second-order valence-corrected chi connectivity index (χ2v) is 7.72. The Balaban J connectivity index is 1.36. The molecule has 0 radical (unpaired) electrons. The van der Waals surface area contributed by atoms with Crippen molar-refractivity contribution in [2.24, 2.45) is 0 Å². The number of amides is 2. The SMILES string of the molecule is CN1CCc2cc(N3CCn4nc(NC(=O)c5ccc(C#N)cc5)cc43)ccc2C1=O. The van der Waals surface area contributed by atoms with Crippen LogP contribution in [-0.2, 0) is 13.0 Å². The van der Waals surface area contributed by atoms with Gasteiger partial charge in [0.15, 0.2) is 5.82 Å². The van der Waals surface area contributed by atoms with Gasteiger partial charge in [-0.2, -0.15) is 10.4 Å². The molecule has 1 N–H and O–H groups in total. The Morgan fingerprint density at radius 1 is 1.10 bits per heavy atom. The molecule has 0 spiro atoms. The highest BCUT2D eigenvalue weighted by Gasteiger charge is 2.26. The highest BCUT2D eigenvalue weighted by molar-refractivity contribution is 6.04. The summed E-state index contributed by atoms with van der Waals surface area (Å²) in [6.07, 6.45) is 0.838. The third-order valence-corrected chi connectivity index (χ3v) is 5.78. The third kappa shape index (κ3) is 3.30. The number of fused-ring (bicyclic) bond motifs is 2. The predicted octanol–water partition coefficient (Wildman–Crippen LogP) is 2.79. The summed E-state index contributed by atoms with van der Waals surface area (Å²) >= 11 is 0. The second kappa shape index (κ2) is 7.29. The molecule has 2 aromatic carbocycles. The van der Waals surface area contributed by atoms with Crippen LogP contribution in [0, 0.1) is 11.3 Å². The van der Waals surface area contributed by atoms with Gasteiger partial charge < -0.3 is 15.1 Å². The van der Waals surface area contributed by atoms with Crippen molar-refractivity contribution >= 4 is 29.1 Å². The van der Waals surface area contributed by atoms with Gasteiger partial charge in [0.2, 0.25) is 0 Å². The van der Waals surface area contributed by atoms with Gasteiger partial charge in [-0.15, -0.1) is 0 Å². The second-order valence-electron chi connectivity index (χ2n) is 7.72. The first-order valence-corrected chi connectivity index (χ1v) is 10.1. The molecule has 1 aromatic heterocycles. The highest BCUT2D eigenvalue weighted by atomic mass is 16.2. The molecule has 0 bridgehead atoms. The summed E-state index contributed by atoms with van der Waals surface area (Å²) in [4.78, 5) is 28.8. The number of nitriles is 1. The number of hydrogen-bond acceptors (Lipinski definition) is 5. The molecule has 0 aliphatic carbocycles. The molecule has 2 amide bonds. The Morgan fingerprint density at radius 3 is 2.68 bits per heavy atom. The zero-order valence-corrected chi connectivity index (χ0v) is 17.0. The van der Waals surface area contributed by atoms with E-state index in [1.807, 2.05) is 36.0 Å². The fourth-order valence-corrected chi connectivity index (χ4v) is 4.06. The van der Waals surface area contributed by atoms with E-state index >= 15 is 0 Å². The normalized spacial score (nSPS) is 14.8. The van der Waals surface area contributed by atoms with E-state index in [0.29, 0.717) is 23.5 Å². The smallest absolute Gasteiger partial charge is 0.256 e. The average Bonchev–Trinajstić information content (AvgIpc) is 3.36. The van der Waals surface area contributed by atoms with Crippen molar-refractivity contribution in [3.8, 4) is 6.07 Å². The first-order chi connectivity index (χ1) is 15.0. The Morgan fingerprint density at radius 2 is 1.90 bits per heavy atom. The van der Waals surface area contributed by atoms with Crippen molar-refractivity contribution in [1.82, 2.24) is 14.7 Å². The van der Waals surface area contributed by atoms with Crippen molar-refractivity contribution in [3.05, 3.63) is 70.8 Å². The number of rotatable bonds is 3. The zero-order valence-electron chi connectivity index (χ0n) is 17.0. The topological polar surface area (TPSA) is 94.3 Å². The van der Waals surface area contributed by atoms with E-state index in [4.69, 9.17) is 5.26 Å². The highest BCUT2D eigenvalue weighted by Crippen LogP contribution is 2.34. The summed E-state index contributed by atoms with van der Waals surface area (Å²) in [5, 5.41) is 16.2. The van der Waals surface area contributed by atoms with Crippen LogP contribution in [0.5, 0.6) is 0 Å². The molecule has 0 unspecified atom stereocenters. The van der Waals surface area contributed by atoms with E-state index in [0.717, 1.165) is 42.1 Å². The molecule has 2 aliphatic heterocycles. The van der Waals surface area contributed by atoms with Gasteiger partial charge >= 0.3 is 0 Å². The van der Waals surface area contributed by atoms with Crippen molar-refractivity contribution < 1.29 is 9.59 Å². The maximum absolute atomic E-state index is 12.5. The lowest BCUT2D eigenvalue weighted by Crippen LogP contribution is -2.34. The Hall–Kier alpha value is -4.12. The van der Waals surface area contributed by atoms with E-state index in [1.54, 1.807) is 29.2 Å². The largest absolute Gasteiger partial charge is 0.341 e. The van der Waals surface area contributed by atoms with Crippen molar-refractivity contribution in [3.63, 3.8) is 0 Å². The van der Waals surface area contributed by atoms with Crippen LogP contribution in [0.1, 0.15) is 31.8 Å². The summed E-state index contributed by atoms with van der Waals surface area (Å²) in [5.74, 6) is 1.16. The number of likely N-dealkylation sites (N-methyl/N-ethyl adjacent to an activating group) is 1. The molecular formula is C23H20N6O2. The van der Waals surface area contributed by atoms with Crippen LogP contribution in [0.2, 0.25) is 0 Å². The van der Waals surface area contributed by atoms with Crippen LogP contribution in [0.4, 0.5) is 17.3 Å². The molecule has 8 nitrogen and oxygen atoms in total. The van der Waals surface area contributed by atoms with Crippen LogP contribution in [-0.4, -0.2) is 46.6 Å². The number of carbonyl (C=O) groups excluding carboxylic acids is 2. The average molecular weight is 412 g/mol. The monoisotopic (exact) mass is 412 g/mol. The molecule has 3 aromatic rings. The van der Waals surface area contributed by atoms with E-state index in [-0.39, 0.29) is 11.8 Å². The van der Waals surface area contributed by atoms with Gasteiger partial charge in [-0.3, -0.25) is 9.59 Å². The lowest BCUT2D eigenvalue weighted by atomic mass is 9.98. The van der Waals surface area contributed by atoms with Gasteiger partial charge in [0.25, 0.3) is 11.8 Å². The van der Waals surface area contributed by atoms with Crippen LogP contribution >= 0.6 is 0 Å². The summed E-state index contributed by atoms with van der Waals surface area (Å²) in [5.41, 5.74) is 3.81. The minimum Gasteiger partial charge on any atom is -0.341 e. The van der Waals surface area contributed by atoms with Crippen LogP contribution < -0.4 is 10.2 Å². The molecule has 0 saturated carbocycles. The lowest BCUT2D eigenvalue weighted by molar-refractivity contribution is 0.0780. The molecular weight excluding hydrogens is 392 g/mol. The molecule has 8 heteroatoms. The molecule has 0 atom stereocenters. The summed E-state index contributed by atoms with van der Waals surface area (Å²) < 4.78 is 1.87. The Kier molecular flexibility index (Phi) is 4.44. The molecule has 154 valence electrons. The molecule has 2 aliphatic rings. The molecule has 3 heterocycles. The number of carbonyl (C=O) groups is 2. The van der Waals surface area contributed by atoms with Gasteiger partial charge in [0.05, 0.1) is 18.2 Å². The fraction of sp³-hybridized carbons (Fsp3) is 0.217. The van der Waals surface area contributed by atoms with E-state index < -0.39 is 0 Å². The predicted molar refractivity (Wildman–Crippen MR) is 115 cm³/mol. The summed E-state index contributed by atoms with van der Waals surface area (Å²) in [6.45, 7) is 2.21. The summed E-state index contributed by atoms with van der Waals surface area (Å²) in [7, 11) is 1.83.